The second-order valence-corrected chi connectivity index (χ2v) is 6.18. The summed E-state index contributed by atoms with van der Waals surface area (Å²) in [5.41, 5.74) is -0.586. The Kier molecular flexibility index (Phi) is 13.3. The van der Waals surface area contributed by atoms with Crippen molar-refractivity contribution in [1.29, 1.82) is 0 Å². The molecule has 0 fully saturated rings. The van der Waals surface area contributed by atoms with Crippen LogP contribution in [0.3, 0.4) is 0 Å². The highest BCUT2D eigenvalue weighted by Crippen LogP contribution is 2.14. The van der Waals surface area contributed by atoms with Crippen molar-refractivity contribution in [3.63, 3.8) is 0 Å². The van der Waals surface area contributed by atoms with Gasteiger partial charge in [0.25, 0.3) is 0 Å². The minimum Gasteiger partial charge on any atom is -0.438 e. The summed E-state index contributed by atoms with van der Waals surface area (Å²) >= 11 is 0. The topological polar surface area (TPSA) is 102 Å². The summed E-state index contributed by atoms with van der Waals surface area (Å²) < 4.78 is 13.1. The highest BCUT2D eigenvalue weighted by Gasteiger charge is 2.22. The number of esters is 1. The van der Waals surface area contributed by atoms with Crippen LogP contribution in [-0.4, -0.2) is 42.5 Å². The zero-order valence-electron chi connectivity index (χ0n) is 13.1. The second-order valence-electron chi connectivity index (χ2n) is 6.18. The molecule has 0 atom stereocenters. The molecule has 0 saturated heterocycles. The van der Waals surface area contributed by atoms with Crippen LogP contribution in [0.1, 0.15) is 49.0 Å². The molecule has 0 aromatic rings. The molecule has 7 nitrogen and oxygen atoms in total. The van der Waals surface area contributed by atoms with E-state index in [-0.39, 0.29) is 25.4 Å². The molecule has 0 radical (unpaired) electrons. The summed E-state index contributed by atoms with van der Waals surface area (Å²) in [5.74, 6) is -0.384. The Labute approximate surface area is 127 Å². The van der Waals surface area contributed by atoms with Gasteiger partial charge in [-0.15, -0.1) is 0 Å². The van der Waals surface area contributed by atoms with Crippen LogP contribution in [0.5, 0.6) is 0 Å². The molecule has 0 aliphatic heterocycles. The van der Waals surface area contributed by atoms with Crippen LogP contribution in [0.25, 0.3) is 0 Å². The fourth-order valence-electron chi connectivity index (χ4n) is 0.645. The average Bonchev–Trinajstić information content (AvgIpc) is 2.26. The number of carbonyl (C=O) groups excluding carboxylic acids is 2. The van der Waals surface area contributed by atoms with Gasteiger partial charge in [0.1, 0.15) is 0 Å². The first kappa shape index (κ1) is 24.7. The van der Waals surface area contributed by atoms with Gasteiger partial charge in [-0.25, -0.2) is 4.79 Å². The summed E-state index contributed by atoms with van der Waals surface area (Å²) in [5, 5.41) is 16.3. The molecule has 0 aromatic heterocycles. The maximum absolute atomic E-state index is 10.7. The Bertz CT molecular complexity index is 287. The fourth-order valence-corrected chi connectivity index (χ4v) is 0.645. The third kappa shape index (κ3) is 18.7. The highest BCUT2D eigenvalue weighted by molar-refractivity contribution is 5.75. The SMILES string of the molecule is C.CC(C)(C)C(=O)OCO.CC(C)(C)COC(=O)OCO. The number of aliphatic hydroxyl groups is 2. The number of ether oxygens (including phenoxy) is 3. The normalized spacial score (nSPS) is 10.5. The molecule has 0 spiro atoms. The third-order valence-corrected chi connectivity index (χ3v) is 1.61. The van der Waals surface area contributed by atoms with Crippen molar-refractivity contribution in [2.45, 2.75) is 49.0 Å². The van der Waals surface area contributed by atoms with E-state index in [0.717, 1.165) is 0 Å². The van der Waals surface area contributed by atoms with Crippen LogP contribution in [0.2, 0.25) is 0 Å². The molecule has 0 heterocycles. The van der Waals surface area contributed by atoms with Gasteiger partial charge in [0.2, 0.25) is 0 Å². The minimum absolute atomic E-state index is 0. The van der Waals surface area contributed by atoms with Crippen LogP contribution in [-0.2, 0) is 19.0 Å². The van der Waals surface area contributed by atoms with E-state index in [1.54, 1.807) is 20.8 Å². The number of rotatable bonds is 3. The predicted octanol–water partition coefficient (Wildman–Crippen LogP) is 2.30. The molecule has 0 saturated carbocycles. The third-order valence-electron chi connectivity index (χ3n) is 1.61. The Morgan fingerprint density at radius 2 is 1.29 bits per heavy atom. The Hall–Kier alpha value is -1.34. The van der Waals surface area contributed by atoms with Crippen molar-refractivity contribution in [2.24, 2.45) is 10.8 Å². The van der Waals surface area contributed by atoms with Gasteiger partial charge in [-0.2, -0.15) is 0 Å². The number of hydrogen-bond donors (Lipinski definition) is 2. The molecule has 2 N–H and O–H groups in total. The molecule has 0 aliphatic rings. The molecule has 7 heteroatoms. The second kappa shape index (κ2) is 11.3. The Morgan fingerprint density at radius 3 is 1.52 bits per heavy atom. The van der Waals surface area contributed by atoms with E-state index in [1.165, 1.54) is 0 Å². The standard InChI is InChI=1S/C7H14O4.C6H12O3.CH4/c1-7(2,3)4-10-6(9)11-5-8;1-6(2,3)5(8)9-4-7;/h8H,4-5H2,1-3H3;7H,4H2,1-3H3;1H4. The first-order valence-corrected chi connectivity index (χ1v) is 6.12. The van der Waals surface area contributed by atoms with Gasteiger partial charge in [-0.3, -0.25) is 4.79 Å². The maximum Gasteiger partial charge on any atom is 0.510 e. The molecular formula is C14H30O7. The maximum atomic E-state index is 10.7. The molecule has 21 heavy (non-hydrogen) atoms. The predicted molar refractivity (Wildman–Crippen MR) is 78.3 cm³/mol. The lowest BCUT2D eigenvalue weighted by molar-refractivity contribution is -0.161. The van der Waals surface area contributed by atoms with E-state index < -0.39 is 25.2 Å². The van der Waals surface area contributed by atoms with Crippen LogP contribution < -0.4 is 0 Å². The van der Waals surface area contributed by atoms with Crippen LogP contribution in [0.4, 0.5) is 4.79 Å². The van der Waals surface area contributed by atoms with Crippen molar-refractivity contribution in [2.75, 3.05) is 20.2 Å². The van der Waals surface area contributed by atoms with E-state index in [0.29, 0.717) is 0 Å². The van der Waals surface area contributed by atoms with E-state index in [4.69, 9.17) is 10.2 Å². The Balaban J connectivity index is -0.000000300. The van der Waals surface area contributed by atoms with Gasteiger partial charge in [-0.05, 0) is 26.2 Å². The molecule has 0 rings (SSSR count). The van der Waals surface area contributed by atoms with Crippen molar-refractivity contribution in [3.8, 4) is 0 Å². The van der Waals surface area contributed by atoms with Crippen LogP contribution in [0.15, 0.2) is 0 Å². The van der Waals surface area contributed by atoms with E-state index in [1.807, 2.05) is 20.8 Å². The fraction of sp³-hybridized carbons (Fsp3) is 0.857. The summed E-state index contributed by atoms with van der Waals surface area (Å²) in [7, 11) is 0. The van der Waals surface area contributed by atoms with E-state index in [9.17, 15) is 9.59 Å². The number of carbonyl (C=O) groups is 2. The lowest BCUT2D eigenvalue weighted by Gasteiger charge is -2.16. The van der Waals surface area contributed by atoms with Gasteiger partial charge in [0.05, 0.1) is 12.0 Å². The van der Waals surface area contributed by atoms with Gasteiger partial charge in [0.15, 0.2) is 13.6 Å². The summed E-state index contributed by atoms with van der Waals surface area (Å²) in [6.45, 7) is 10.1. The van der Waals surface area contributed by atoms with E-state index in [2.05, 4.69) is 14.2 Å². The number of aliphatic hydroxyl groups excluding tert-OH is 2. The molecule has 128 valence electrons. The van der Waals surface area contributed by atoms with Gasteiger partial charge >= 0.3 is 12.1 Å². The highest BCUT2D eigenvalue weighted by atomic mass is 16.8. The van der Waals surface area contributed by atoms with Gasteiger partial charge in [-0.1, -0.05) is 28.2 Å². The first-order chi connectivity index (χ1) is 8.94. The largest absolute Gasteiger partial charge is 0.510 e. The lowest BCUT2D eigenvalue weighted by atomic mass is 9.98. The van der Waals surface area contributed by atoms with Gasteiger partial charge in [0, 0.05) is 0 Å². The smallest absolute Gasteiger partial charge is 0.438 e. The van der Waals surface area contributed by atoms with Crippen molar-refractivity contribution < 1.29 is 34.0 Å². The van der Waals surface area contributed by atoms with E-state index >= 15 is 0 Å². The van der Waals surface area contributed by atoms with Crippen LogP contribution in [0, 0.1) is 10.8 Å². The molecule has 0 amide bonds. The van der Waals surface area contributed by atoms with Crippen molar-refractivity contribution in [3.05, 3.63) is 0 Å². The van der Waals surface area contributed by atoms with Gasteiger partial charge < -0.3 is 24.4 Å². The lowest BCUT2D eigenvalue weighted by Crippen LogP contribution is -2.23. The summed E-state index contributed by atoms with van der Waals surface area (Å²) in [6, 6.07) is 0. The Morgan fingerprint density at radius 1 is 0.857 bits per heavy atom. The monoisotopic (exact) mass is 310 g/mol. The quantitative estimate of drug-likeness (QED) is 0.609. The molecule has 0 aliphatic carbocycles. The zero-order chi connectivity index (χ0) is 16.4. The van der Waals surface area contributed by atoms with Crippen LogP contribution >= 0.6 is 0 Å². The average molecular weight is 310 g/mol. The zero-order valence-corrected chi connectivity index (χ0v) is 13.1. The summed E-state index contributed by atoms with van der Waals surface area (Å²) in [6.07, 6.45) is -0.831. The molecular weight excluding hydrogens is 280 g/mol. The minimum atomic E-state index is -0.831. The first-order valence-electron chi connectivity index (χ1n) is 6.12. The van der Waals surface area contributed by atoms with Crippen molar-refractivity contribution in [1.82, 2.24) is 0 Å². The summed E-state index contributed by atoms with van der Waals surface area (Å²) in [4.78, 5) is 21.2. The molecule has 0 aromatic carbocycles. The number of hydrogen-bond acceptors (Lipinski definition) is 7. The van der Waals surface area contributed by atoms with Crippen molar-refractivity contribution >= 4 is 12.1 Å². The molecule has 0 bridgehead atoms. The molecule has 0 unspecified atom stereocenters.